The minimum Gasteiger partial charge on any atom is -0.396 e. The van der Waals surface area contributed by atoms with Crippen molar-refractivity contribution in [2.75, 3.05) is 20.2 Å². The zero-order valence-electron chi connectivity index (χ0n) is 10.5. The van der Waals surface area contributed by atoms with Crippen LogP contribution in [0.5, 0.6) is 0 Å². The number of hydrogen-bond acceptors (Lipinski definition) is 3. The fourth-order valence-electron chi connectivity index (χ4n) is 1.91. The van der Waals surface area contributed by atoms with Crippen LogP contribution in [-0.4, -0.2) is 36.1 Å². The van der Waals surface area contributed by atoms with E-state index in [-0.39, 0.29) is 12.5 Å². The van der Waals surface area contributed by atoms with Gasteiger partial charge >= 0.3 is 0 Å². The average Bonchev–Trinajstić information content (AvgIpc) is 2.29. The number of aliphatic hydroxyl groups excluding tert-OH is 1. The smallest absolute Gasteiger partial charge is 0.239 e. The molecule has 1 aromatic carbocycles. The zero-order chi connectivity index (χ0) is 13.5. The van der Waals surface area contributed by atoms with E-state index in [1.165, 1.54) is 0 Å². The van der Waals surface area contributed by atoms with Crippen molar-refractivity contribution in [3.63, 3.8) is 0 Å². The normalized spacial score (nSPS) is 12.7. The highest BCUT2D eigenvalue weighted by Gasteiger charge is 2.22. The number of unbranched alkanes of at least 4 members (excludes halogenated alkanes) is 1. The van der Waals surface area contributed by atoms with Gasteiger partial charge in [0.1, 0.15) is 6.04 Å². The number of hydrogen-bond donors (Lipinski definition) is 2. The van der Waals surface area contributed by atoms with Gasteiger partial charge in [0, 0.05) is 11.1 Å². The third-order valence-electron chi connectivity index (χ3n) is 2.79. The maximum Gasteiger partial charge on any atom is 0.239 e. The molecule has 0 fully saturated rings. The monoisotopic (exact) mass is 314 g/mol. The highest BCUT2D eigenvalue weighted by molar-refractivity contribution is 9.10. The maximum absolute atomic E-state index is 11.6. The van der Waals surface area contributed by atoms with Gasteiger partial charge in [-0.15, -0.1) is 0 Å². The summed E-state index contributed by atoms with van der Waals surface area (Å²) in [5.74, 6) is -0.361. The molecule has 1 atom stereocenters. The van der Waals surface area contributed by atoms with E-state index in [2.05, 4.69) is 15.9 Å². The second-order valence-corrected chi connectivity index (χ2v) is 5.19. The second kappa shape index (κ2) is 7.51. The lowest BCUT2D eigenvalue weighted by Gasteiger charge is -2.25. The molecule has 1 unspecified atom stereocenters. The van der Waals surface area contributed by atoms with Crippen LogP contribution in [0.1, 0.15) is 24.4 Å². The molecule has 0 aliphatic carbocycles. The van der Waals surface area contributed by atoms with Gasteiger partial charge in [0.05, 0.1) is 0 Å². The summed E-state index contributed by atoms with van der Waals surface area (Å²) < 4.78 is 0.926. The van der Waals surface area contributed by atoms with E-state index in [1.807, 2.05) is 36.2 Å². The Morgan fingerprint density at radius 1 is 1.50 bits per heavy atom. The molecular weight excluding hydrogens is 296 g/mol. The van der Waals surface area contributed by atoms with Crippen LogP contribution in [0.25, 0.3) is 0 Å². The lowest BCUT2D eigenvalue weighted by molar-refractivity contribution is -0.123. The van der Waals surface area contributed by atoms with Crippen LogP contribution < -0.4 is 5.73 Å². The summed E-state index contributed by atoms with van der Waals surface area (Å²) in [5, 5.41) is 8.76. The van der Waals surface area contributed by atoms with Crippen LogP contribution in [0.4, 0.5) is 0 Å². The van der Waals surface area contributed by atoms with Gasteiger partial charge in [0.15, 0.2) is 0 Å². The average molecular weight is 315 g/mol. The molecule has 0 saturated carbocycles. The molecule has 5 heteroatoms. The first kappa shape index (κ1) is 15.1. The van der Waals surface area contributed by atoms with E-state index in [0.717, 1.165) is 29.4 Å². The van der Waals surface area contributed by atoms with E-state index < -0.39 is 6.04 Å². The Bertz CT molecular complexity index is 398. The fourth-order valence-corrected chi connectivity index (χ4v) is 2.33. The van der Waals surface area contributed by atoms with E-state index in [0.29, 0.717) is 0 Å². The number of benzene rings is 1. The molecule has 18 heavy (non-hydrogen) atoms. The molecule has 0 spiro atoms. The molecule has 0 aromatic heterocycles. The molecule has 0 aliphatic rings. The molecule has 100 valence electrons. The van der Waals surface area contributed by atoms with Crippen LogP contribution in [0.15, 0.2) is 28.7 Å². The predicted molar refractivity (Wildman–Crippen MR) is 75.0 cm³/mol. The maximum atomic E-state index is 11.6. The first-order chi connectivity index (χ1) is 8.56. The van der Waals surface area contributed by atoms with Crippen molar-refractivity contribution in [1.29, 1.82) is 0 Å². The van der Waals surface area contributed by atoms with Crippen LogP contribution in [0, 0.1) is 0 Å². The van der Waals surface area contributed by atoms with Gasteiger partial charge in [-0.25, -0.2) is 0 Å². The lowest BCUT2D eigenvalue weighted by atomic mass is 10.0. The number of aliphatic hydroxyl groups is 1. The zero-order valence-corrected chi connectivity index (χ0v) is 12.1. The minimum absolute atomic E-state index is 0.173. The van der Waals surface area contributed by atoms with Gasteiger partial charge in [-0.2, -0.15) is 0 Å². The first-order valence-electron chi connectivity index (χ1n) is 5.92. The molecule has 0 radical (unpaired) electrons. The van der Waals surface area contributed by atoms with E-state index in [4.69, 9.17) is 10.8 Å². The Balaban J connectivity index is 2.79. The summed E-state index contributed by atoms with van der Waals surface area (Å²) in [6, 6.07) is 7.16. The molecular formula is C13H19BrN2O2. The molecule has 3 N–H and O–H groups in total. The Labute approximate surface area is 116 Å². The van der Waals surface area contributed by atoms with Gasteiger partial charge in [-0.1, -0.05) is 28.1 Å². The Morgan fingerprint density at radius 2 is 2.22 bits per heavy atom. The van der Waals surface area contributed by atoms with Crippen molar-refractivity contribution in [3.05, 3.63) is 34.3 Å². The molecule has 1 rings (SSSR count). The third-order valence-corrected chi connectivity index (χ3v) is 3.29. The lowest BCUT2D eigenvalue weighted by Crippen LogP contribution is -2.36. The molecule has 0 aliphatic heterocycles. The second-order valence-electron chi connectivity index (χ2n) is 4.27. The van der Waals surface area contributed by atoms with Crippen LogP contribution in [0.2, 0.25) is 0 Å². The number of rotatable bonds is 7. The summed E-state index contributed by atoms with van der Waals surface area (Å²) in [6.07, 6.45) is 1.57. The number of nitrogens with zero attached hydrogens (tertiary/aromatic N) is 1. The van der Waals surface area contributed by atoms with Gasteiger partial charge in [0.25, 0.3) is 0 Å². The van der Waals surface area contributed by atoms with E-state index in [1.54, 1.807) is 0 Å². The third kappa shape index (κ3) is 4.40. The number of carbonyl (C=O) groups is 1. The number of halogens is 1. The minimum atomic E-state index is -0.429. The summed E-state index contributed by atoms with van der Waals surface area (Å²) in [7, 11) is 1.87. The van der Waals surface area contributed by atoms with Crippen molar-refractivity contribution in [2.24, 2.45) is 5.73 Å². The predicted octanol–water partition coefficient (Wildman–Crippen LogP) is 1.68. The van der Waals surface area contributed by atoms with Crippen molar-refractivity contribution >= 4 is 21.8 Å². The number of amides is 1. The summed E-state index contributed by atoms with van der Waals surface area (Å²) >= 11 is 3.39. The van der Waals surface area contributed by atoms with Crippen LogP contribution >= 0.6 is 15.9 Å². The number of primary amides is 1. The topological polar surface area (TPSA) is 66.6 Å². The van der Waals surface area contributed by atoms with E-state index >= 15 is 0 Å². The molecule has 1 aromatic rings. The summed E-state index contributed by atoms with van der Waals surface area (Å²) in [5.41, 5.74) is 6.36. The quantitative estimate of drug-likeness (QED) is 0.752. The molecule has 0 saturated heterocycles. The van der Waals surface area contributed by atoms with Gasteiger partial charge in [0.2, 0.25) is 5.91 Å². The Kier molecular flexibility index (Phi) is 6.32. The highest BCUT2D eigenvalue weighted by Crippen LogP contribution is 2.22. The summed E-state index contributed by atoms with van der Waals surface area (Å²) in [6.45, 7) is 0.895. The largest absolute Gasteiger partial charge is 0.396 e. The van der Waals surface area contributed by atoms with Gasteiger partial charge < -0.3 is 10.8 Å². The van der Waals surface area contributed by atoms with Gasteiger partial charge in [-0.3, -0.25) is 9.69 Å². The van der Waals surface area contributed by atoms with Crippen molar-refractivity contribution < 1.29 is 9.90 Å². The van der Waals surface area contributed by atoms with Crippen molar-refractivity contribution in [2.45, 2.75) is 18.9 Å². The number of nitrogens with two attached hydrogens (primary N) is 1. The Hall–Kier alpha value is -0.910. The van der Waals surface area contributed by atoms with Crippen LogP contribution in [0.3, 0.4) is 0 Å². The number of carbonyl (C=O) groups excluding carboxylic acids is 1. The summed E-state index contributed by atoms with van der Waals surface area (Å²) in [4.78, 5) is 13.5. The Morgan fingerprint density at radius 3 is 2.78 bits per heavy atom. The SMILES string of the molecule is CN(CCCCO)C(C(N)=O)c1cccc(Br)c1. The van der Waals surface area contributed by atoms with Gasteiger partial charge in [-0.05, 0) is 44.1 Å². The number of likely N-dealkylation sites (N-methyl/N-ethyl adjacent to an activating group) is 1. The molecule has 0 heterocycles. The molecule has 1 amide bonds. The molecule has 0 bridgehead atoms. The standard InChI is InChI=1S/C13H19BrN2O2/c1-16(7-2-3-8-17)12(13(15)18)10-5-4-6-11(14)9-10/h4-6,9,12,17H,2-3,7-8H2,1H3,(H2,15,18). The van der Waals surface area contributed by atoms with E-state index in [9.17, 15) is 4.79 Å². The van der Waals surface area contributed by atoms with Crippen LogP contribution in [-0.2, 0) is 4.79 Å². The first-order valence-corrected chi connectivity index (χ1v) is 6.71. The van der Waals surface area contributed by atoms with Crippen molar-refractivity contribution in [1.82, 2.24) is 4.90 Å². The molecule has 4 nitrogen and oxygen atoms in total. The highest BCUT2D eigenvalue weighted by atomic mass is 79.9. The fraction of sp³-hybridized carbons (Fsp3) is 0.462. The van der Waals surface area contributed by atoms with Crippen molar-refractivity contribution in [3.8, 4) is 0 Å².